The first-order valence-electron chi connectivity index (χ1n) is 38.8. The van der Waals surface area contributed by atoms with Gasteiger partial charge in [-0.15, -0.1) is 23.5 Å². The van der Waals surface area contributed by atoms with Gasteiger partial charge in [-0.05, 0) is 186 Å². The molecule has 15 atom stereocenters. The number of phenolic OH excluding ortho intramolecular Hbond substituents is 2. The lowest BCUT2D eigenvalue weighted by atomic mass is 9.71. The first kappa shape index (κ1) is 79.1. The lowest BCUT2D eigenvalue weighted by Crippen LogP contribution is -2.69. The summed E-state index contributed by atoms with van der Waals surface area (Å²) >= 11 is 3.04. The number of aromatic nitrogens is 2. The van der Waals surface area contributed by atoms with E-state index in [4.69, 9.17) is 58.6 Å². The van der Waals surface area contributed by atoms with E-state index in [0.717, 1.165) is 118 Å². The Hall–Kier alpha value is -9.76. The van der Waals surface area contributed by atoms with E-state index >= 15 is 0 Å². The number of hydrogen-bond donors (Lipinski definition) is 9. The van der Waals surface area contributed by atoms with Gasteiger partial charge in [-0.3, -0.25) is 34.5 Å². The van der Waals surface area contributed by atoms with Crippen LogP contribution in [0.3, 0.4) is 0 Å². The van der Waals surface area contributed by atoms with Crippen LogP contribution < -0.4 is 39.5 Å². The number of aromatic hydroxyl groups is 2. The van der Waals surface area contributed by atoms with Gasteiger partial charge in [-0.25, -0.2) is 9.59 Å². The number of esters is 2. The maximum absolute atomic E-state index is 15.0. The number of phenols is 2. The fourth-order valence-electron chi connectivity index (χ4n) is 20.6. The predicted molar refractivity (Wildman–Crippen MR) is 429 cm³/mol. The number of ether oxygens (including phenoxy) is 8. The van der Waals surface area contributed by atoms with Crippen molar-refractivity contribution < 1.29 is 82.6 Å². The number of nitrogens with two attached hydrogens (primary N) is 1. The monoisotopic (exact) mass is 1600 g/mol. The largest absolute Gasteiger partial charge is 0.504 e. The van der Waals surface area contributed by atoms with Crippen molar-refractivity contribution in [1.82, 2.24) is 34.9 Å². The third kappa shape index (κ3) is 12.5. The Balaban J connectivity index is 0.000000144. The molecule has 0 radical (unpaired) electrons. The van der Waals surface area contributed by atoms with Gasteiger partial charge in [0.1, 0.15) is 25.3 Å². The second-order valence-corrected chi connectivity index (χ2v) is 34.4. The Kier molecular flexibility index (Phi) is 20.9. The summed E-state index contributed by atoms with van der Waals surface area (Å²) < 4.78 is 48.0. The molecule has 29 heteroatoms. The Morgan fingerprint density at radius 2 is 1.16 bits per heavy atom. The summed E-state index contributed by atoms with van der Waals surface area (Å²) in [6, 6.07) is 17.4. The average molecular weight is 1610 g/mol. The summed E-state index contributed by atoms with van der Waals surface area (Å²) in [5.41, 5.74) is 24.9. The Labute approximate surface area is 674 Å². The summed E-state index contributed by atoms with van der Waals surface area (Å²) in [7, 11) is 7.21. The average Bonchev–Trinajstić information content (AvgIpc) is 1.09. The molecule has 27 nitrogen and oxygen atoms in total. The Morgan fingerprint density at radius 1 is 0.661 bits per heavy atom. The van der Waals surface area contributed by atoms with E-state index in [-0.39, 0.29) is 122 Å². The number of carboxylic acid groups (broad SMARTS) is 1. The van der Waals surface area contributed by atoms with Gasteiger partial charge < -0.3 is 79.1 Å². The summed E-state index contributed by atoms with van der Waals surface area (Å²) in [5.74, 6) is 1.19. The number of carbonyl (C=O) groups is 4. The van der Waals surface area contributed by atoms with Crippen LogP contribution in [0, 0.1) is 78.1 Å². The summed E-state index contributed by atoms with van der Waals surface area (Å²) in [5, 5.41) is 77.9. The van der Waals surface area contributed by atoms with E-state index in [1.807, 2.05) is 47.0 Å². The number of cyclic esters (lactones) is 1. The van der Waals surface area contributed by atoms with E-state index in [9.17, 15) is 40.2 Å². The molecule has 604 valence electrons. The number of rotatable bonds is 6. The molecule has 0 saturated carbocycles. The van der Waals surface area contributed by atoms with Crippen molar-refractivity contribution in [3.8, 4) is 58.1 Å². The number of nitriles is 2. The first-order valence-corrected chi connectivity index (χ1v) is 40.9. The molecular weight excluding hydrogens is 1510 g/mol. The third-order valence-electron chi connectivity index (χ3n) is 25.8. The van der Waals surface area contributed by atoms with Crippen LogP contribution in [0.1, 0.15) is 147 Å². The molecule has 10 N–H and O–H groups in total. The van der Waals surface area contributed by atoms with Crippen molar-refractivity contribution >= 4 is 69.0 Å². The van der Waals surface area contributed by atoms with Crippen molar-refractivity contribution in [3.05, 3.63) is 161 Å². The van der Waals surface area contributed by atoms with Crippen molar-refractivity contribution in [2.75, 3.05) is 79.8 Å². The van der Waals surface area contributed by atoms with Gasteiger partial charge in [0.05, 0.1) is 75.2 Å². The minimum atomic E-state index is -1.31. The van der Waals surface area contributed by atoms with Crippen LogP contribution in [0.15, 0.2) is 54.7 Å². The molecule has 2 aromatic heterocycles. The third-order valence-corrected chi connectivity index (χ3v) is 28.6. The van der Waals surface area contributed by atoms with Crippen LogP contribution >= 0.6 is 23.5 Å². The van der Waals surface area contributed by atoms with Gasteiger partial charge in [0.25, 0.3) is 5.97 Å². The fraction of sp³-hybridized carbons (Fsp3) is 0.465. The van der Waals surface area contributed by atoms with Gasteiger partial charge in [-0.2, -0.15) is 10.5 Å². The molecule has 0 amide bonds. The van der Waals surface area contributed by atoms with Crippen molar-refractivity contribution in [1.29, 1.82) is 10.5 Å². The second-order valence-electron chi connectivity index (χ2n) is 32.2. The van der Waals surface area contributed by atoms with Gasteiger partial charge in [0, 0.05) is 110 Å². The van der Waals surface area contributed by atoms with Gasteiger partial charge in [0.15, 0.2) is 51.5 Å². The molecule has 1 spiro atoms. The zero-order valence-corrected chi connectivity index (χ0v) is 68.1. The molecule has 0 unspecified atom stereocenters. The fourth-order valence-corrected chi connectivity index (χ4v) is 23.8. The van der Waals surface area contributed by atoms with E-state index in [1.54, 1.807) is 26.0 Å². The summed E-state index contributed by atoms with van der Waals surface area (Å²) in [6.07, 6.45) is 4.35. The molecule has 12 aliphatic rings. The zero-order chi connectivity index (χ0) is 81.6. The number of aliphatic hydroxyl groups is 2. The number of aryl methyl sites for hydroxylation is 4. The van der Waals surface area contributed by atoms with Crippen molar-refractivity contribution in [3.63, 3.8) is 0 Å². The van der Waals surface area contributed by atoms with Crippen LogP contribution in [-0.4, -0.2) is 207 Å². The molecule has 4 saturated heterocycles. The molecule has 8 aromatic rings. The van der Waals surface area contributed by atoms with Crippen LogP contribution in [0.4, 0.5) is 0 Å². The molecule has 6 aromatic carbocycles. The number of hydrogen-bond acceptors (Lipinski definition) is 26. The lowest BCUT2D eigenvalue weighted by molar-refractivity contribution is -0.158. The minimum Gasteiger partial charge on any atom is -0.504 e. The van der Waals surface area contributed by atoms with Crippen LogP contribution in [-0.2, 0) is 59.9 Å². The molecule has 0 aliphatic carbocycles. The number of H-pyrrole nitrogens is 2. The number of aromatic amines is 2. The smallest absolute Gasteiger partial charge is 0.375 e. The maximum Gasteiger partial charge on any atom is 0.375 e. The SMILES string of the molecule is CC(=O)O.COc1c(C)cc2c(c1O)[C@@H]1[C@@H]3[C@@H]4SCC(=O)C(=O)OC[C@@H](c5c6c(c(C)c(C)c54)OCO6)N3[C@@H](C#N)[C@H](C2)N1C.COc1c(C)cc2c(c1O)[C@@H]1[C@@H]3[C@@H]4SC[C@]5(N[C@H](CO)Cc6c5[nH]c5ccc(C)cc65)C(=O)OC[C@@H](c5c6c(c(C)c(C)c54)OCO6)N3[C@@H](C#N)[C@H](C2)N1C.Cc1ccc2[nH]cc(C[C@H](N)CO)c2c1. The van der Waals surface area contributed by atoms with Crippen LogP contribution in [0.5, 0.6) is 46.0 Å². The molecule has 4 fully saturated rings. The number of nitrogens with zero attached hydrogens (tertiary/aromatic N) is 6. The molecule has 20 rings (SSSR count). The normalized spacial score (nSPS) is 27.4. The number of methoxy groups -OCH3 is 2. The second kappa shape index (κ2) is 30.4. The van der Waals surface area contributed by atoms with Crippen LogP contribution in [0.2, 0.25) is 0 Å². The number of Topliss-reactive ketones (excluding diaryl/α,β-unsaturated/α-hetero) is 1. The number of carbonyl (C=O) groups excluding carboxylic acids is 3. The molecule has 115 heavy (non-hydrogen) atoms. The number of thioether (sulfide) groups is 2. The topological polar surface area (TPSA) is 373 Å². The number of ketones is 1. The number of carboxylic acids is 1. The molecule has 8 bridgehead atoms. The molecular formula is C86H96N10O17S2. The molecule has 14 heterocycles. The Bertz CT molecular complexity index is 5440. The highest BCUT2D eigenvalue weighted by Crippen LogP contribution is 2.66. The number of aliphatic carboxylic acids is 1. The zero-order valence-electron chi connectivity index (χ0n) is 66.5. The highest BCUT2D eigenvalue weighted by molar-refractivity contribution is 8.00. The lowest BCUT2D eigenvalue weighted by Gasteiger charge is -2.62. The van der Waals surface area contributed by atoms with Crippen molar-refractivity contribution in [2.24, 2.45) is 5.73 Å². The number of piperazine rings is 2. The number of benzene rings is 6. The number of fused-ring (bicyclic) bond motifs is 21. The highest BCUT2D eigenvalue weighted by Gasteiger charge is 2.64. The van der Waals surface area contributed by atoms with E-state index < -0.39 is 53.4 Å². The van der Waals surface area contributed by atoms with E-state index in [0.29, 0.717) is 60.2 Å². The summed E-state index contributed by atoms with van der Waals surface area (Å²) in [4.78, 5) is 65.2. The van der Waals surface area contributed by atoms with Crippen molar-refractivity contribution in [2.45, 2.75) is 177 Å². The number of aliphatic hydroxyl groups excluding tert-OH is 2. The number of nitrogens with one attached hydrogen (secondary N) is 3. The standard InChI is InChI=1S/C42H45N5O7S.C30H31N3O7S.C12H16N2O.C2H4O2/c1-18-7-8-26-24(9-18)25-12-23(14-48)45-42(40(25)44-26)16-55-39-30-20(3)21(4)37-38(54-17-53-37)32(30)29(15-52-41(42)50)47-28(13-43)27-11-22-10-19(2)36(51-6)35(49)31(22)33(34(39)47)46(27)5;1-12-6-15-7-16-17(8-31)33-18-9-38-30(36)19(34)10-41-29(20-13(2)14(3)27-28(22(18)20)40-11-39-27)24(33)23(32(16)4)21(15)25(35)26(12)37-5;1-8-2-3-12-11(4-8)9(6-14-12)5-10(13)7-15;1-2(3)4/h7-10,23,27-29,33-34,39,44-45,48-49H,11-12,14-17H2,1-6H3;6,16-18,23-24,29,35H,7,9-11H2,1-5H3;2-4,6,10,14-15H,5,7,13H2,1H3;1H3,(H,3,4)/t23-,27-,28-,29-,33+,34+,39+,42+;16-,17-,18-,23+,24+,29+;10-;/m000./s1. The molecule has 12 aliphatic heterocycles. The van der Waals surface area contributed by atoms with Gasteiger partial charge in [0.2, 0.25) is 19.4 Å². The maximum atomic E-state index is 15.0. The first-order chi connectivity index (χ1) is 55.1. The van der Waals surface area contributed by atoms with E-state index in [2.05, 4.69) is 124 Å². The highest BCUT2D eigenvalue weighted by atomic mass is 32.2. The van der Waals surface area contributed by atoms with E-state index in [1.165, 1.54) is 28.3 Å². The number of likely N-dealkylation sites (N-methyl/N-ethyl adjacent to an activating group) is 2. The minimum absolute atomic E-state index is 0.0263. The van der Waals surface area contributed by atoms with Gasteiger partial charge >= 0.3 is 11.9 Å². The predicted octanol–water partition coefficient (Wildman–Crippen LogP) is 9.42. The Morgan fingerprint density at radius 3 is 1.66 bits per heavy atom. The van der Waals surface area contributed by atoms with Gasteiger partial charge in [-0.1, -0.05) is 35.4 Å². The summed E-state index contributed by atoms with van der Waals surface area (Å²) in [6.45, 7) is 17.2. The van der Waals surface area contributed by atoms with Crippen LogP contribution in [0.25, 0.3) is 21.8 Å². The quantitative estimate of drug-likeness (QED) is 0.0552.